The number of aryl methyl sites for hydroxylation is 1. The van der Waals surface area contributed by atoms with Crippen molar-refractivity contribution in [2.75, 3.05) is 44.7 Å². The maximum atomic E-state index is 12.7. The van der Waals surface area contributed by atoms with Crippen molar-refractivity contribution in [2.45, 2.75) is 6.92 Å². The van der Waals surface area contributed by atoms with Gasteiger partial charge in [-0.05, 0) is 31.2 Å². The molecule has 0 saturated carbocycles. The number of anilines is 2. The van der Waals surface area contributed by atoms with Gasteiger partial charge in [-0.2, -0.15) is 5.10 Å². The summed E-state index contributed by atoms with van der Waals surface area (Å²) in [6.45, 7) is 6.41. The highest BCUT2D eigenvalue weighted by molar-refractivity contribution is 5.93. The molecule has 4 rings (SSSR count). The molecule has 0 atom stereocenters. The quantitative estimate of drug-likeness (QED) is 0.504. The highest BCUT2D eigenvalue weighted by atomic mass is 16.5. The number of rotatable bonds is 8. The number of ether oxygens (including phenoxy) is 1. The second-order valence-electron chi connectivity index (χ2n) is 7.12. The number of aromatic amines is 1. The number of carbonyl (C=O) groups excluding carboxylic acids is 1. The number of amides is 1. The first kappa shape index (κ1) is 20.8. The van der Waals surface area contributed by atoms with Crippen LogP contribution in [0.25, 0.3) is 12.2 Å². The molecule has 0 aliphatic carbocycles. The number of nitrogens with zero attached hydrogens (tertiary/aromatic N) is 4. The van der Waals surface area contributed by atoms with Gasteiger partial charge < -0.3 is 19.8 Å². The molecule has 1 aliphatic rings. The zero-order valence-electron chi connectivity index (χ0n) is 17.3. The summed E-state index contributed by atoms with van der Waals surface area (Å²) in [5.74, 6) is 1.87. The van der Waals surface area contributed by atoms with Crippen LogP contribution in [0.1, 0.15) is 27.8 Å². The van der Waals surface area contributed by atoms with Gasteiger partial charge in [0.15, 0.2) is 11.6 Å². The van der Waals surface area contributed by atoms with Crippen molar-refractivity contribution in [3.05, 3.63) is 53.5 Å². The Morgan fingerprint density at radius 2 is 2.10 bits per heavy atom. The minimum atomic E-state index is -0.260. The number of aromatic nitrogens is 4. The summed E-state index contributed by atoms with van der Waals surface area (Å²) in [5.41, 5.74) is 1.18. The van der Waals surface area contributed by atoms with Crippen molar-refractivity contribution < 1.29 is 13.9 Å². The van der Waals surface area contributed by atoms with E-state index in [0.29, 0.717) is 29.8 Å². The summed E-state index contributed by atoms with van der Waals surface area (Å²) in [5, 5.41) is 13.1. The van der Waals surface area contributed by atoms with Gasteiger partial charge in [0.05, 0.1) is 19.5 Å². The van der Waals surface area contributed by atoms with Gasteiger partial charge in [0.25, 0.3) is 5.91 Å². The first-order chi connectivity index (χ1) is 15.2. The van der Waals surface area contributed by atoms with Crippen molar-refractivity contribution >= 4 is 29.7 Å². The molecule has 1 aliphatic heterocycles. The zero-order chi connectivity index (χ0) is 21.5. The van der Waals surface area contributed by atoms with Gasteiger partial charge in [-0.1, -0.05) is 0 Å². The summed E-state index contributed by atoms with van der Waals surface area (Å²) >= 11 is 0. The minimum absolute atomic E-state index is 0.260. The van der Waals surface area contributed by atoms with Gasteiger partial charge in [-0.25, -0.2) is 9.97 Å². The Morgan fingerprint density at radius 3 is 2.84 bits per heavy atom. The van der Waals surface area contributed by atoms with Crippen LogP contribution in [-0.4, -0.2) is 70.4 Å². The van der Waals surface area contributed by atoms with Gasteiger partial charge >= 0.3 is 0 Å². The molecule has 1 amide bonds. The molecule has 162 valence electrons. The molecular formula is C21H25N7O3. The number of hydrogen-bond donors (Lipinski definition) is 3. The number of hydrogen-bond acceptors (Lipinski definition) is 8. The fourth-order valence-corrected chi connectivity index (χ4v) is 3.12. The standard InChI is InChI=1S/C21H25N7O3/c1-15-13-20(27-26-15)25-19-14-17(21(29)22-6-7-28-8-11-30-12-9-28)23-18(24-19)5-4-16-3-2-10-31-16/h2-5,10,13-14H,6-9,11-12H2,1H3,(H,22,29)(H2,23,24,25,26,27). The molecule has 3 aromatic rings. The molecule has 0 bridgehead atoms. The Morgan fingerprint density at radius 1 is 1.23 bits per heavy atom. The van der Waals surface area contributed by atoms with E-state index >= 15 is 0 Å². The first-order valence-electron chi connectivity index (χ1n) is 10.1. The van der Waals surface area contributed by atoms with Gasteiger partial charge in [-0.3, -0.25) is 14.8 Å². The van der Waals surface area contributed by atoms with Crippen LogP contribution in [0.3, 0.4) is 0 Å². The molecule has 4 heterocycles. The fraction of sp³-hybridized carbons (Fsp3) is 0.333. The monoisotopic (exact) mass is 423 g/mol. The Labute approximate surface area is 179 Å². The second-order valence-corrected chi connectivity index (χ2v) is 7.12. The Hall–Kier alpha value is -3.50. The van der Waals surface area contributed by atoms with E-state index in [0.717, 1.165) is 38.5 Å². The predicted octanol–water partition coefficient (Wildman–Crippen LogP) is 2.08. The molecule has 10 heteroatoms. The van der Waals surface area contributed by atoms with E-state index in [1.54, 1.807) is 30.5 Å². The van der Waals surface area contributed by atoms with E-state index < -0.39 is 0 Å². The number of H-pyrrole nitrogens is 1. The molecule has 1 saturated heterocycles. The van der Waals surface area contributed by atoms with Crippen LogP contribution in [0.15, 0.2) is 34.9 Å². The normalized spacial score (nSPS) is 14.7. The second kappa shape index (κ2) is 10.0. The van der Waals surface area contributed by atoms with Crippen molar-refractivity contribution in [3.63, 3.8) is 0 Å². The molecule has 31 heavy (non-hydrogen) atoms. The summed E-state index contributed by atoms with van der Waals surface area (Å²) in [4.78, 5) is 23.9. The Kier molecular flexibility index (Phi) is 6.70. The van der Waals surface area contributed by atoms with Gasteiger partial charge in [-0.15, -0.1) is 0 Å². The molecule has 0 radical (unpaired) electrons. The average molecular weight is 423 g/mol. The van der Waals surface area contributed by atoms with E-state index in [4.69, 9.17) is 9.15 Å². The SMILES string of the molecule is Cc1cc(Nc2cc(C(=O)NCCN3CCOCC3)nc(C=Cc3ccco3)n2)n[nH]1. The fourth-order valence-electron chi connectivity index (χ4n) is 3.12. The summed E-state index contributed by atoms with van der Waals surface area (Å²) < 4.78 is 10.7. The van der Waals surface area contributed by atoms with Crippen LogP contribution in [0, 0.1) is 6.92 Å². The lowest BCUT2D eigenvalue weighted by molar-refractivity contribution is 0.0383. The van der Waals surface area contributed by atoms with Gasteiger partial charge in [0, 0.05) is 44.0 Å². The highest BCUT2D eigenvalue weighted by Gasteiger charge is 2.14. The van der Waals surface area contributed by atoms with Crippen LogP contribution in [0.5, 0.6) is 0 Å². The van der Waals surface area contributed by atoms with Crippen molar-refractivity contribution in [2.24, 2.45) is 0 Å². The third-order valence-corrected chi connectivity index (χ3v) is 4.70. The molecule has 0 aromatic carbocycles. The molecule has 3 aromatic heterocycles. The summed E-state index contributed by atoms with van der Waals surface area (Å²) in [6, 6.07) is 7.08. The van der Waals surface area contributed by atoms with Crippen LogP contribution < -0.4 is 10.6 Å². The lowest BCUT2D eigenvalue weighted by atomic mass is 10.3. The molecule has 10 nitrogen and oxygen atoms in total. The van der Waals surface area contributed by atoms with Crippen LogP contribution in [0.4, 0.5) is 11.6 Å². The average Bonchev–Trinajstić information content (AvgIpc) is 3.44. The maximum absolute atomic E-state index is 12.7. The van der Waals surface area contributed by atoms with E-state index in [1.165, 1.54) is 0 Å². The molecule has 3 N–H and O–H groups in total. The van der Waals surface area contributed by atoms with E-state index in [2.05, 4.69) is 35.7 Å². The smallest absolute Gasteiger partial charge is 0.270 e. The van der Waals surface area contributed by atoms with Crippen molar-refractivity contribution in [3.8, 4) is 0 Å². The van der Waals surface area contributed by atoms with Crippen molar-refractivity contribution in [1.82, 2.24) is 30.4 Å². The van der Waals surface area contributed by atoms with Crippen LogP contribution in [0.2, 0.25) is 0 Å². The maximum Gasteiger partial charge on any atom is 0.270 e. The molecule has 1 fully saturated rings. The zero-order valence-corrected chi connectivity index (χ0v) is 17.3. The number of morpholine rings is 1. The highest BCUT2D eigenvalue weighted by Crippen LogP contribution is 2.16. The summed E-state index contributed by atoms with van der Waals surface area (Å²) in [7, 11) is 0. The molecular weight excluding hydrogens is 398 g/mol. The minimum Gasteiger partial charge on any atom is -0.465 e. The number of carbonyl (C=O) groups is 1. The van der Waals surface area contributed by atoms with E-state index in [1.807, 2.05) is 19.1 Å². The number of nitrogens with one attached hydrogen (secondary N) is 3. The summed E-state index contributed by atoms with van der Waals surface area (Å²) in [6.07, 6.45) is 5.04. The lowest BCUT2D eigenvalue weighted by Gasteiger charge is -2.26. The van der Waals surface area contributed by atoms with Crippen LogP contribution in [-0.2, 0) is 4.74 Å². The molecule has 0 unspecified atom stereocenters. The number of furan rings is 1. The topological polar surface area (TPSA) is 121 Å². The van der Waals surface area contributed by atoms with Crippen LogP contribution >= 0.6 is 0 Å². The van der Waals surface area contributed by atoms with Gasteiger partial charge in [0.1, 0.15) is 17.3 Å². The predicted molar refractivity (Wildman–Crippen MR) is 116 cm³/mol. The largest absolute Gasteiger partial charge is 0.465 e. The lowest BCUT2D eigenvalue weighted by Crippen LogP contribution is -2.41. The Balaban J connectivity index is 1.47. The van der Waals surface area contributed by atoms with E-state index in [-0.39, 0.29) is 11.6 Å². The molecule has 0 spiro atoms. The third-order valence-electron chi connectivity index (χ3n) is 4.70. The first-order valence-corrected chi connectivity index (χ1v) is 10.1. The third kappa shape index (κ3) is 6.00. The Bertz CT molecular complexity index is 1020. The van der Waals surface area contributed by atoms with Gasteiger partial charge in [0.2, 0.25) is 0 Å². The van der Waals surface area contributed by atoms with Crippen molar-refractivity contribution in [1.29, 1.82) is 0 Å². The van der Waals surface area contributed by atoms with E-state index in [9.17, 15) is 4.79 Å².